The Morgan fingerprint density at radius 2 is 2.10 bits per heavy atom. The van der Waals surface area contributed by atoms with E-state index >= 15 is 0 Å². The standard InChI is InChI=1S/C14H16N6O/c1-9-5-4-6-12(21)20(9)8-11-17-13(15-2)10-7-16-19(3)14(10)18-11/h4-7H,8H2,1-3H3,(H,15,17,18). The molecule has 0 spiro atoms. The summed E-state index contributed by atoms with van der Waals surface area (Å²) in [5.41, 5.74) is 1.56. The van der Waals surface area contributed by atoms with Crippen LogP contribution in [-0.4, -0.2) is 31.4 Å². The zero-order valence-corrected chi connectivity index (χ0v) is 12.2. The van der Waals surface area contributed by atoms with Crippen molar-refractivity contribution in [3.8, 4) is 0 Å². The molecule has 0 aliphatic heterocycles. The van der Waals surface area contributed by atoms with E-state index in [1.54, 1.807) is 28.6 Å². The molecule has 3 rings (SSSR count). The number of aryl methyl sites for hydroxylation is 2. The molecule has 7 nitrogen and oxygen atoms in total. The monoisotopic (exact) mass is 284 g/mol. The molecular formula is C14H16N6O. The summed E-state index contributed by atoms with van der Waals surface area (Å²) in [5, 5.41) is 8.10. The molecule has 0 aliphatic rings. The van der Waals surface area contributed by atoms with Gasteiger partial charge in [-0.15, -0.1) is 0 Å². The van der Waals surface area contributed by atoms with Crippen LogP contribution in [0.2, 0.25) is 0 Å². The molecule has 0 radical (unpaired) electrons. The fourth-order valence-electron chi connectivity index (χ4n) is 2.30. The van der Waals surface area contributed by atoms with Crippen molar-refractivity contribution in [2.24, 2.45) is 7.05 Å². The highest BCUT2D eigenvalue weighted by molar-refractivity contribution is 5.86. The second kappa shape index (κ2) is 5.01. The number of nitrogens with zero attached hydrogens (tertiary/aromatic N) is 5. The predicted molar refractivity (Wildman–Crippen MR) is 80.4 cm³/mol. The molecule has 0 aromatic carbocycles. The molecule has 21 heavy (non-hydrogen) atoms. The summed E-state index contributed by atoms with van der Waals surface area (Å²) < 4.78 is 3.35. The predicted octanol–water partition coefficient (Wildman–Crippen LogP) is 0.923. The minimum absolute atomic E-state index is 0.0605. The maximum atomic E-state index is 12.0. The maximum Gasteiger partial charge on any atom is 0.251 e. The van der Waals surface area contributed by atoms with E-state index in [0.717, 1.165) is 16.7 Å². The van der Waals surface area contributed by atoms with Gasteiger partial charge in [0, 0.05) is 25.9 Å². The lowest BCUT2D eigenvalue weighted by Gasteiger charge is -2.10. The molecule has 0 saturated carbocycles. The average molecular weight is 284 g/mol. The molecule has 0 aliphatic carbocycles. The number of fused-ring (bicyclic) bond motifs is 1. The van der Waals surface area contributed by atoms with E-state index in [9.17, 15) is 4.79 Å². The minimum atomic E-state index is -0.0605. The SMILES string of the molecule is CNc1nc(Cn2c(C)cccc2=O)nc2c1cnn2C. The summed E-state index contributed by atoms with van der Waals surface area (Å²) in [4.78, 5) is 20.9. The van der Waals surface area contributed by atoms with Crippen molar-refractivity contribution in [3.63, 3.8) is 0 Å². The van der Waals surface area contributed by atoms with E-state index in [4.69, 9.17) is 0 Å². The molecule has 3 aromatic rings. The molecule has 0 saturated heterocycles. The lowest BCUT2D eigenvalue weighted by molar-refractivity contribution is 0.690. The largest absolute Gasteiger partial charge is 0.372 e. The van der Waals surface area contributed by atoms with Crippen LogP contribution in [0.3, 0.4) is 0 Å². The van der Waals surface area contributed by atoms with Gasteiger partial charge in [0.2, 0.25) is 0 Å². The third kappa shape index (κ3) is 2.26. The maximum absolute atomic E-state index is 12.0. The number of nitrogens with one attached hydrogen (secondary N) is 1. The minimum Gasteiger partial charge on any atom is -0.372 e. The van der Waals surface area contributed by atoms with Gasteiger partial charge in [-0.2, -0.15) is 5.10 Å². The molecular weight excluding hydrogens is 268 g/mol. The van der Waals surface area contributed by atoms with Crippen LogP contribution in [0.1, 0.15) is 11.5 Å². The first kappa shape index (κ1) is 13.3. The highest BCUT2D eigenvalue weighted by atomic mass is 16.1. The molecule has 0 unspecified atom stereocenters. The van der Waals surface area contributed by atoms with Gasteiger partial charge < -0.3 is 9.88 Å². The molecule has 0 amide bonds. The summed E-state index contributed by atoms with van der Waals surface area (Å²) in [7, 11) is 3.64. The zero-order valence-electron chi connectivity index (χ0n) is 12.2. The van der Waals surface area contributed by atoms with Crippen molar-refractivity contribution in [1.82, 2.24) is 24.3 Å². The Hall–Kier alpha value is -2.70. The van der Waals surface area contributed by atoms with Crippen molar-refractivity contribution >= 4 is 16.9 Å². The molecule has 0 atom stereocenters. The molecule has 3 heterocycles. The van der Waals surface area contributed by atoms with E-state index in [1.807, 2.05) is 20.0 Å². The van der Waals surface area contributed by atoms with Crippen LogP contribution in [-0.2, 0) is 13.6 Å². The van der Waals surface area contributed by atoms with Crippen LogP contribution < -0.4 is 10.9 Å². The Morgan fingerprint density at radius 3 is 2.81 bits per heavy atom. The lowest BCUT2D eigenvalue weighted by atomic mass is 10.3. The Balaban J connectivity index is 2.13. The van der Waals surface area contributed by atoms with E-state index in [0.29, 0.717) is 18.2 Å². The van der Waals surface area contributed by atoms with E-state index in [1.165, 1.54) is 6.07 Å². The first-order valence-electron chi connectivity index (χ1n) is 6.63. The summed E-state index contributed by atoms with van der Waals surface area (Å²) in [5.74, 6) is 1.29. The number of pyridine rings is 1. The van der Waals surface area contributed by atoms with Gasteiger partial charge in [0.1, 0.15) is 5.82 Å². The topological polar surface area (TPSA) is 77.6 Å². The quantitative estimate of drug-likeness (QED) is 0.774. The van der Waals surface area contributed by atoms with Crippen LogP contribution >= 0.6 is 0 Å². The zero-order chi connectivity index (χ0) is 15.0. The number of anilines is 1. The van der Waals surface area contributed by atoms with Crippen LogP contribution in [0.25, 0.3) is 11.0 Å². The van der Waals surface area contributed by atoms with Crippen molar-refractivity contribution in [1.29, 1.82) is 0 Å². The van der Waals surface area contributed by atoms with E-state index in [2.05, 4.69) is 20.4 Å². The van der Waals surface area contributed by atoms with Gasteiger partial charge in [0.05, 0.1) is 18.1 Å². The molecule has 108 valence electrons. The first-order chi connectivity index (χ1) is 10.1. The van der Waals surface area contributed by atoms with Crippen molar-refractivity contribution in [3.05, 3.63) is 46.3 Å². The number of hydrogen-bond acceptors (Lipinski definition) is 5. The third-order valence-electron chi connectivity index (χ3n) is 3.44. The van der Waals surface area contributed by atoms with Gasteiger partial charge in [-0.05, 0) is 13.0 Å². The molecule has 7 heteroatoms. The second-order valence-electron chi connectivity index (χ2n) is 4.84. The number of aromatic nitrogens is 5. The van der Waals surface area contributed by atoms with Crippen molar-refractivity contribution in [2.75, 3.05) is 12.4 Å². The lowest BCUT2D eigenvalue weighted by Crippen LogP contribution is -2.22. The van der Waals surface area contributed by atoms with Gasteiger partial charge in [0.25, 0.3) is 5.56 Å². The summed E-state index contributed by atoms with van der Waals surface area (Å²) in [6, 6.07) is 5.18. The normalized spacial score (nSPS) is 11.0. The fourth-order valence-corrected chi connectivity index (χ4v) is 2.30. The smallest absolute Gasteiger partial charge is 0.251 e. The average Bonchev–Trinajstić information content (AvgIpc) is 2.84. The second-order valence-corrected chi connectivity index (χ2v) is 4.84. The van der Waals surface area contributed by atoms with Crippen LogP contribution in [0.4, 0.5) is 5.82 Å². The highest BCUT2D eigenvalue weighted by Gasteiger charge is 2.11. The van der Waals surface area contributed by atoms with Crippen LogP contribution in [0.15, 0.2) is 29.2 Å². The fraction of sp³-hybridized carbons (Fsp3) is 0.286. The Morgan fingerprint density at radius 1 is 1.29 bits per heavy atom. The van der Waals surface area contributed by atoms with Gasteiger partial charge in [-0.3, -0.25) is 9.48 Å². The molecule has 0 bridgehead atoms. The number of hydrogen-bond donors (Lipinski definition) is 1. The van der Waals surface area contributed by atoms with Gasteiger partial charge in [-0.25, -0.2) is 9.97 Å². The van der Waals surface area contributed by atoms with Gasteiger partial charge in [-0.1, -0.05) is 6.07 Å². The first-order valence-corrected chi connectivity index (χ1v) is 6.63. The highest BCUT2D eigenvalue weighted by Crippen LogP contribution is 2.19. The summed E-state index contributed by atoms with van der Waals surface area (Å²) in [6.45, 7) is 2.23. The number of rotatable bonds is 3. The Bertz CT molecular complexity index is 864. The van der Waals surface area contributed by atoms with Gasteiger partial charge in [0.15, 0.2) is 11.5 Å². The summed E-state index contributed by atoms with van der Waals surface area (Å²) in [6.07, 6.45) is 1.73. The molecule has 0 fully saturated rings. The van der Waals surface area contributed by atoms with Crippen LogP contribution in [0.5, 0.6) is 0 Å². The van der Waals surface area contributed by atoms with Gasteiger partial charge >= 0.3 is 0 Å². The Labute approximate surface area is 121 Å². The van der Waals surface area contributed by atoms with Crippen molar-refractivity contribution in [2.45, 2.75) is 13.5 Å². The Kier molecular flexibility index (Phi) is 3.17. The summed E-state index contributed by atoms with van der Waals surface area (Å²) >= 11 is 0. The third-order valence-corrected chi connectivity index (χ3v) is 3.44. The van der Waals surface area contributed by atoms with Crippen molar-refractivity contribution < 1.29 is 0 Å². The molecule has 1 N–H and O–H groups in total. The molecule has 3 aromatic heterocycles. The van der Waals surface area contributed by atoms with E-state index in [-0.39, 0.29) is 5.56 Å². The van der Waals surface area contributed by atoms with E-state index < -0.39 is 0 Å². The van der Waals surface area contributed by atoms with Crippen LogP contribution in [0, 0.1) is 6.92 Å².